The first-order valence-electron chi connectivity index (χ1n) is 10.4. The molecule has 0 fully saturated rings. The third-order valence-electron chi connectivity index (χ3n) is 4.86. The van der Waals surface area contributed by atoms with Crippen LogP contribution in [-0.4, -0.2) is 60.2 Å². The number of rotatable bonds is 8. The van der Waals surface area contributed by atoms with Crippen LogP contribution in [0.25, 0.3) is 11.2 Å². The lowest BCUT2D eigenvalue weighted by molar-refractivity contribution is 0.244. The van der Waals surface area contributed by atoms with Crippen LogP contribution in [0.1, 0.15) is 31.5 Å². The number of ether oxygens (including phenoxy) is 1. The van der Waals surface area contributed by atoms with Gasteiger partial charge in [-0.1, -0.05) is 31.9 Å². The second-order valence-electron chi connectivity index (χ2n) is 7.11. The predicted molar refractivity (Wildman–Crippen MR) is 122 cm³/mol. The number of anilines is 1. The molecule has 0 spiro atoms. The molecule has 2 heterocycles. The van der Waals surface area contributed by atoms with Crippen molar-refractivity contribution in [2.24, 2.45) is 0 Å². The molecule has 0 N–H and O–H groups in total. The van der Waals surface area contributed by atoms with Crippen molar-refractivity contribution in [2.75, 3.05) is 45.2 Å². The van der Waals surface area contributed by atoms with E-state index in [1.807, 2.05) is 55.4 Å². The Hall–Kier alpha value is -3.17. The van der Waals surface area contributed by atoms with Crippen LogP contribution < -0.4 is 9.64 Å². The van der Waals surface area contributed by atoms with Crippen LogP contribution in [0.5, 0.6) is 5.88 Å². The summed E-state index contributed by atoms with van der Waals surface area (Å²) in [6.07, 6.45) is 2.63. The summed E-state index contributed by atoms with van der Waals surface area (Å²) in [5.74, 6) is 6.86. The Morgan fingerprint density at radius 3 is 2.53 bits per heavy atom. The van der Waals surface area contributed by atoms with E-state index in [2.05, 4.69) is 45.5 Å². The molecule has 0 saturated carbocycles. The molecule has 0 amide bonds. The van der Waals surface area contributed by atoms with E-state index < -0.39 is 0 Å². The number of pyridine rings is 1. The van der Waals surface area contributed by atoms with Gasteiger partial charge in [0.1, 0.15) is 5.52 Å². The molecule has 6 nitrogen and oxygen atoms in total. The van der Waals surface area contributed by atoms with Crippen molar-refractivity contribution in [3.8, 4) is 17.7 Å². The molecule has 2 aromatic heterocycles. The van der Waals surface area contributed by atoms with E-state index in [1.54, 1.807) is 6.20 Å². The van der Waals surface area contributed by atoms with Gasteiger partial charge < -0.3 is 14.5 Å². The van der Waals surface area contributed by atoms with Gasteiger partial charge in [-0.3, -0.25) is 0 Å². The van der Waals surface area contributed by atoms with Gasteiger partial charge in [-0.05, 0) is 49.7 Å². The summed E-state index contributed by atoms with van der Waals surface area (Å²) < 4.78 is 6.01. The van der Waals surface area contributed by atoms with Gasteiger partial charge in [0, 0.05) is 32.4 Å². The van der Waals surface area contributed by atoms with Gasteiger partial charge in [0.05, 0.1) is 12.3 Å². The highest BCUT2D eigenvalue weighted by Gasteiger charge is 2.10. The second kappa shape index (κ2) is 10.6. The number of hydrogen-bond acceptors (Lipinski definition) is 6. The molecule has 3 aromatic rings. The minimum atomic E-state index is 0.463. The van der Waals surface area contributed by atoms with Gasteiger partial charge in [0.2, 0.25) is 5.88 Å². The van der Waals surface area contributed by atoms with Crippen LogP contribution in [-0.2, 0) is 0 Å². The van der Waals surface area contributed by atoms with Crippen LogP contribution in [0.15, 0.2) is 42.6 Å². The van der Waals surface area contributed by atoms with Crippen molar-refractivity contribution in [3.63, 3.8) is 0 Å². The maximum Gasteiger partial charge on any atom is 0.249 e. The minimum absolute atomic E-state index is 0.463. The first kappa shape index (κ1) is 21.5. The summed E-state index contributed by atoms with van der Waals surface area (Å²) in [5, 5.41) is 0. The standard InChI is InChI=1S/C24H29N5O/c1-5-29(6-2)17-10-18-30-24-21(26-23-20(27-24)12-9-16-25-23)15-14-19-11-7-8-13-22(19)28(3)4/h7-9,11-13,16H,5-6,10,17-18H2,1-4H3. The maximum atomic E-state index is 6.01. The van der Waals surface area contributed by atoms with Crippen molar-refractivity contribution in [1.82, 2.24) is 19.9 Å². The summed E-state index contributed by atoms with van der Waals surface area (Å²) in [4.78, 5) is 18.0. The van der Waals surface area contributed by atoms with E-state index in [4.69, 9.17) is 4.74 Å². The molecule has 1 aromatic carbocycles. The molecule has 0 aliphatic carbocycles. The fraction of sp³-hybridized carbons (Fsp3) is 0.375. The Balaban J connectivity index is 1.87. The van der Waals surface area contributed by atoms with Crippen molar-refractivity contribution < 1.29 is 4.74 Å². The predicted octanol–water partition coefficient (Wildman–Crippen LogP) is 3.60. The van der Waals surface area contributed by atoms with Crippen molar-refractivity contribution in [1.29, 1.82) is 0 Å². The summed E-state index contributed by atoms with van der Waals surface area (Å²) in [5.41, 5.74) is 3.77. The highest BCUT2D eigenvalue weighted by Crippen LogP contribution is 2.19. The maximum absolute atomic E-state index is 6.01. The molecule has 0 saturated heterocycles. The SMILES string of the molecule is CCN(CC)CCCOc1nc2cccnc2nc1C#Cc1ccccc1N(C)C. The van der Waals surface area contributed by atoms with Gasteiger partial charge >= 0.3 is 0 Å². The van der Waals surface area contributed by atoms with Crippen molar-refractivity contribution in [3.05, 3.63) is 53.9 Å². The highest BCUT2D eigenvalue weighted by atomic mass is 16.5. The van der Waals surface area contributed by atoms with Crippen LogP contribution in [0, 0.1) is 11.8 Å². The van der Waals surface area contributed by atoms with Gasteiger partial charge in [-0.25, -0.2) is 15.0 Å². The Bertz CT molecular complexity index is 1030. The van der Waals surface area contributed by atoms with Gasteiger partial charge in [-0.2, -0.15) is 0 Å². The number of hydrogen-bond donors (Lipinski definition) is 0. The third kappa shape index (κ3) is 5.46. The molecule has 0 unspecified atom stereocenters. The summed E-state index contributed by atoms with van der Waals surface area (Å²) in [6, 6.07) is 11.8. The van der Waals surface area contributed by atoms with E-state index in [9.17, 15) is 0 Å². The van der Waals surface area contributed by atoms with Gasteiger partial charge in [-0.15, -0.1) is 0 Å². The number of fused-ring (bicyclic) bond motifs is 1. The quantitative estimate of drug-likeness (QED) is 0.423. The molecule has 0 aliphatic heterocycles. The molecule has 6 heteroatoms. The number of aromatic nitrogens is 3. The lowest BCUT2D eigenvalue weighted by atomic mass is 10.1. The number of nitrogens with zero attached hydrogens (tertiary/aromatic N) is 5. The topological polar surface area (TPSA) is 54.4 Å². The Morgan fingerprint density at radius 2 is 1.77 bits per heavy atom. The summed E-state index contributed by atoms with van der Waals surface area (Å²) in [6.45, 7) is 7.99. The zero-order valence-electron chi connectivity index (χ0n) is 18.2. The Morgan fingerprint density at radius 1 is 0.967 bits per heavy atom. The average Bonchev–Trinajstić information content (AvgIpc) is 2.77. The van der Waals surface area contributed by atoms with E-state index in [1.165, 1.54) is 0 Å². The molecular formula is C24H29N5O. The lowest BCUT2D eigenvalue weighted by Crippen LogP contribution is -2.25. The normalized spacial score (nSPS) is 10.7. The van der Waals surface area contributed by atoms with E-state index >= 15 is 0 Å². The first-order valence-corrected chi connectivity index (χ1v) is 10.4. The largest absolute Gasteiger partial charge is 0.476 e. The zero-order valence-corrected chi connectivity index (χ0v) is 18.2. The summed E-state index contributed by atoms with van der Waals surface area (Å²) >= 11 is 0. The molecule has 0 aliphatic rings. The van der Waals surface area contributed by atoms with E-state index in [0.717, 1.165) is 37.3 Å². The highest BCUT2D eigenvalue weighted by molar-refractivity contribution is 5.71. The number of benzene rings is 1. The van der Waals surface area contributed by atoms with Crippen LogP contribution in [0.4, 0.5) is 5.69 Å². The minimum Gasteiger partial charge on any atom is -0.476 e. The van der Waals surface area contributed by atoms with Gasteiger partial charge in [0.15, 0.2) is 11.3 Å². The summed E-state index contributed by atoms with van der Waals surface area (Å²) in [7, 11) is 4.01. The first-order chi connectivity index (χ1) is 14.6. The van der Waals surface area contributed by atoms with Crippen LogP contribution in [0.3, 0.4) is 0 Å². The molecule has 0 atom stereocenters. The lowest BCUT2D eigenvalue weighted by Gasteiger charge is -2.17. The molecule has 0 radical (unpaired) electrons. The fourth-order valence-corrected chi connectivity index (χ4v) is 3.15. The average molecular weight is 404 g/mol. The van der Waals surface area contributed by atoms with E-state index in [0.29, 0.717) is 29.3 Å². The second-order valence-corrected chi connectivity index (χ2v) is 7.11. The zero-order chi connectivity index (χ0) is 21.3. The van der Waals surface area contributed by atoms with Crippen LogP contribution >= 0.6 is 0 Å². The van der Waals surface area contributed by atoms with Crippen molar-refractivity contribution in [2.45, 2.75) is 20.3 Å². The smallest absolute Gasteiger partial charge is 0.249 e. The monoisotopic (exact) mass is 403 g/mol. The Kier molecular flexibility index (Phi) is 7.58. The third-order valence-corrected chi connectivity index (χ3v) is 4.86. The van der Waals surface area contributed by atoms with E-state index in [-0.39, 0.29) is 0 Å². The fourth-order valence-electron chi connectivity index (χ4n) is 3.15. The molecule has 3 rings (SSSR count). The molecule has 0 bridgehead atoms. The molecular weight excluding hydrogens is 374 g/mol. The number of para-hydroxylation sites is 1. The molecule has 156 valence electrons. The Labute approximate surface area is 178 Å². The van der Waals surface area contributed by atoms with Gasteiger partial charge in [0.25, 0.3) is 0 Å². The van der Waals surface area contributed by atoms with Crippen LogP contribution in [0.2, 0.25) is 0 Å². The molecule has 30 heavy (non-hydrogen) atoms. The van der Waals surface area contributed by atoms with Crippen molar-refractivity contribution >= 4 is 16.9 Å².